The fourth-order valence-electron chi connectivity index (χ4n) is 5.21. The Morgan fingerprint density at radius 1 is 1.02 bits per heavy atom. The van der Waals surface area contributed by atoms with Crippen molar-refractivity contribution in [1.82, 2.24) is 34.2 Å². The highest BCUT2D eigenvalue weighted by molar-refractivity contribution is 6.08. The molecule has 0 bridgehead atoms. The van der Waals surface area contributed by atoms with Crippen molar-refractivity contribution in [3.05, 3.63) is 65.2 Å². The van der Waals surface area contributed by atoms with Crippen LogP contribution in [0.2, 0.25) is 0 Å². The lowest BCUT2D eigenvalue weighted by atomic mass is 10.0. The predicted octanol–water partition coefficient (Wildman–Crippen LogP) is 5.16. The molecule has 1 unspecified atom stereocenters. The van der Waals surface area contributed by atoms with E-state index in [1.54, 1.807) is 42.7 Å². The van der Waals surface area contributed by atoms with Crippen LogP contribution in [0.3, 0.4) is 0 Å². The summed E-state index contributed by atoms with van der Waals surface area (Å²) in [6.07, 6.45) is -2.65. The molecule has 1 saturated heterocycles. The highest BCUT2D eigenvalue weighted by Gasteiger charge is 2.36. The van der Waals surface area contributed by atoms with E-state index in [4.69, 9.17) is 4.74 Å². The maximum Gasteiger partial charge on any atom is 0.433 e. The molecule has 0 radical (unpaired) electrons. The molecule has 244 valence electrons. The summed E-state index contributed by atoms with van der Waals surface area (Å²) in [5, 5.41) is 10.9. The van der Waals surface area contributed by atoms with Crippen molar-refractivity contribution in [2.75, 3.05) is 38.1 Å². The van der Waals surface area contributed by atoms with E-state index >= 15 is 0 Å². The minimum absolute atomic E-state index is 0.0455. The summed E-state index contributed by atoms with van der Waals surface area (Å²) in [6, 6.07) is 7.25. The third kappa shape index (κ3) is 6.53. The number of anilines is 1. The van der Waals surface area contributed by atoms with E-state index in [1.165, 1.54) is 10.9 Å². The molecule has 3 aromatic heterocycles. The summed E-state index contributed by atoms with van der Waals surface area (Å²) in [5.41, 5.74) is 0.701. The molecule has 1 N–H and O–H groups in total. The van der Waals surface area contributed by atoms with Gasteiger partial charge < -0.3 is 19.9 Å². The van der Waals surface area contributed by atoms with Gasteiger partial charge in [0.05, 0.1) is 29.9 Å². The number of carbonyl (C=O) groups is 3. The molecule has 1 fully saturated rings. The van der Waals surface area contributed by atoms with Crippen LogP contribution in [0.5, 0.6) is 0 Å². The molecule has 1 aliphatic rings. The smallest absolute Gasteiger partial charge is 0.433 e. The largest absolute Gasteiger partial charge is 0.450 e. The maximum atomic E-state index is 14.1. The van der Waals surface area contributed by atoms with Crippen LogP contribution in [0.25, 0.3) is 16.9 Å². The SMILES string of the molecule is CCOC(=O)N1CCN(C(=O)C(C)n2cc(NC(=O)c3cnn4c(C(F)(F)F)cc(-c5ccc(C(C)C)cc5)nc34)c(C)n2)CC1. The summed E-state index contributed by atoms with van der Waals surface area (Å²) in [4.78, 5) is 46.2. The van der Waals surface area contributed by atoms with Crippen molar-refractivity contribution in [1.29, 1.82) is 0 Å². The lowest BCUT2D eigenvalue weighted by Crippen LogP contribution is -2.52. The lowest BCUT2D eigenvalue weighted by Gasteiger charge is -2.35. The van der Waals surface area contributed by atoms with Crippen LogP contribution in [0, 0.1) is 6.92 Å². The number of piperazine rings is 1. The first-order valence-corrected chi connectivity index (χ1v) is 14.9. The summed E-state index contributed by atoms with van der Waals surface area (Å²) in [7, 11) is 0. The van der Waals surface area contributed by atoms with Gasteiger partial charge in [0.25, 0.3) is 5.91 Å². The van der Waals surface area contributed by atoms with Crippen LogP contribution < -0.4 is 5.32 Å². The lowest BCUT2D eigenvalue weighted by molar-refractivity contribution is -0.142. The van der Waals surface area contributed by atoms with Crippen LogP contribution in [0.4, 0.5) is 23.7 Å². The molecular weight excluding hydrogens is 605 g/mol. The average Bonchev–Trinajstić information content (AvgIpc) is 3.62. The Labute approximate surface area is 263 Å². The molecule has 5 rings (SSSR count). The van der Waals surface area contributed by atoms with Gasteiger partial charge in [-0.15, -0.1) is 0 Å². The maximum absolute atomic E-state index is 14.1. The molecule has 12 nitrogen and oxygen atoms in total. The first-order valence-electron chi connectivity index (χ1n) is 14.9. The first kappa shape index (κ1) is 32.4. The number of benzene rings is 1. The Balaban J connectivity index is 1.36. The fourth-order valence-corrected chi connectivity index (χ4v) is 5.21. The van der Waals surface area contributed by atoms with E-state index in [-0.39, 0.29) is 41.0 Å². The number of halogens is 3. The van der Waals surface area contributed by atoms with Gasteiger partial charge in [-0.2, -0.15) is 23.4 Å². The minimum Gasteiger partial charge on any atom is -0.450 e. The number of aromatic nitrogens is 5. The molecule has 4 heterocycles. The van der Waals surface area contributed by atoms with Crippen LogP contribution in [0.1, 0.15) is 67.0 Å². The van der Waals surface area contributed by atoms with Crippen LogP contribution in [-0.2, 0) is 15.7 Å². The number of amides is 3. The fraction of sp³-hybridized carbons (Fsp3) is 0.419. The third-order valence-corrected chi connectivity index (χ3v) is 7.92. The Kier molecular flexibility index (Phi) is 9.03. The summed E-state index contributed by atoms with van der Waals surface area (Å²) < 4.78 is 49.4. The van der Waals surface area contributed by atoms with Crippen molar-refractivity contribution in [2.24, 2.45) is 0 Å². The molecule has 0 spiro atoms. The van der Waals surface area contributed by atoms with Gasteiger partial charge in [-0.25, -0.2) is 14.3 Å². The molecule has 0 aliphatic carbocycles. The van der Waals surface area contributed by atoms with Gasteiger partial charge in [-0.1, -0.05) is 38.1 Å². The second-order valence-corrected chi connectivity index (χ2v) is 11.3. The van der Waals surface area contributed by atoms with Gasteiger partial charge in [0.15, 0.2) is 11.3 Å². The van der Waals surface area contributed by atoms with E-state index in [1.807, 2.05) is 26.0 Å². The number of rotatable bonds is 7. The molecule has 1 aliphatic heterocycles. The second-order valence-electron chi connectivity index (χ2n) is 11.3. The molecular formula is C31H35F3N8O4. The number of hydrogen-bond acceptors (Lipinski definition) is 7. The molecule has 1 aromatic carbocycles. The van der Waals surface area contributed by atoms with Gasteiger partial charge >= 0.3 is 12.3 Å². The first-order chi connectivity index (χ1) is 21.8. The van der Waals surface area contributed by atoms with Crippen LogP contribution >= 0.6 is 0 Å². The molecule has 4 aromatic rings. The monoisotopic (exact) mass is 640 g/mol. The van der Waals surface area contributed by atoms with Crippen molar-refractivity contribution in [3.63, 3.8) is 0 Å². The predicted molar refractivity (Wildman–Crippen MR) is 162 cm³/mol. The molecule has 15 heteroatoms. The number of aryl methyl sites for hydroxylation is 1. The number of hydrogen-bond donors (Lipinski definition) is 1. The van der Waals surface area contributed by atoms with Crippen LogP contribution in [0.15, 0.2) is 42.7 Å². The molecule has 3 amide bonds. The van der Waals surface area contributed by atoms with Gasteiger partial charge in [0.1, 0.15) is 11.6 Å². The number of nitrogens with zero attached hydrogens (tertiary/aromatic N) is 7. The van der Waals surface area contributed by atoms with Crippen LogP contribution in [-0.4, -0.2) is 84.9 Å². The van der Waals surface area contributed by atoms with Gasteiger partial charge in [0.2, 0.25) is 5.91 Å². The quantitative estimate of drug-likeness (QED) is 0.296. The minimum atomic E-state index is -4.76. The van der Waals surface area contributed by atoms with Crippen molar-refractivity contribution < 1.29 is 32.3 Å². The standard InChI is InChI=1S/C31H35F3N8O4/c1-6-46-30(45)40-13-11-39(12-14-40)29(44)20(5)41-17-25(19(4)38-41)37-28(43)23-16-35-42-26(31(32,33)34)15-24(36-27(23)42)22-9-7-21(8-10-22)18(2)3/h7-10,15-18,20H,6,11-14H2,1-5H3,(H,37,43). The van der Waals surface area contributed by atoms with Gasteiger partial charge in [-0.3, -0.25) is 14.3 Å². The Morgan fingerprint density at radius 3 is 2.28 bits per heavy atom. The summed E-state index contributed by atoms with van der Waals surface area (Å²) >= 11 is 0. The van der Waals surface area contributed by atoms with E-state index < -0.39 is 29.9 Å². The topological polar surface area (TPSA) is 127 Å². The number of nitrogens with one attached hydrogen (secondary N) is 1. The second kappa shape index (κ2) is 12.8. The third-order valence-electron chi connectivity index (χ3n) is 7.92. The zero-order valence-electron chi connectivity index (χ0n) is 26.1. The van der Waals surface area contributed by atoms with E-state index in [0.29, 0.717) is 42.0 Å². The number of fused-ring (bicyclic) bond motifs is 1. The van der Waals surface area contributed by atoms with Gasteiger partial charge in [0, 0.05) is 37.9 Å². The van der Waals surface area contributed by atoms with Crippen molar-refractivity contribution in [3.8, 4) is 11.3 Å². The Bertz CT molecular complexity index is 1760. The molecule has 0 saturated carbocycles. The average molecular weight is 641 g/mol. The normalized spacial score (nSPS) is 14.5. The van der Waals surface area contributed by atoms with Gasteiger partial charge in [-0.05, 0) is 38.3 Å². The Morgan fingerprint density at radius 2 is 1.67 bits per heavy atom. The summed E-state index contributed by atoms with van der Waals surface area (Å²) in [6.45, 7) is 10.7. The van der Waals surface area contributed by atoms with E-state index in [9.17, 15) is 27.6 Å². The van der Waals surface area contributed by atoms with Crippen molar-refractivity contribution in [2.45, 2.75) is 52.8 Å². The molecule has 1 atom stereocenters. The highest BCUT2D eigenvalue weighted by atomic mass is 19.4. The number of ether oxygens (including phenoxy) is 1. The zero-order valence-corrected chi connectivity index (χ0v) is 26.1. The zero-order chi connectivity index (χ0) is 33.3. The summed E-state index contributed by atoms with van der Waals surface area (Å²) in [5.74, 6) is -0.716. The number of alkyl halides is 3. The number of carbonyl (C=O) groups excluding carboxylic acids is 3. The highest BCUT2D eigenvalue weighted by Crippen LogP contribution is 2.33. The molecule has 46 heavy (non-hydrogen) atoms. The van der Waals surface area contributed by atoms with E-state index in [0.717, 1.165) is 17.8 Å². The van der Waals surface area contributed by atoms with E-state index in [2.05, 4.69) is 20.5 Å². The Hall–Kier alpha value is -4.95. The van der Waals surface area contributed by atoms with Crippen molar-refractivity contribution >= 4 is 29.2 Å².